The molecule has 0 radical (unpaired) electrons. The molecule has 1 saturated heterocycles. The summed E-state index contributed by atoms with van der Waals surface area (Å²) >= 11 is 3.54. The van der Waals surface area contributed by atoms with Crippen LogP contribution >= 0.6 is 15.9 Å². The molecule has 31 heavy (non-hydrogen) atoms. The van der Waals surface area contributed by atoms with Gasteiger partial charge in [-0.3, -0.25) is 9.69 Å². The molecule has 0 saturated carbocycles. The maximum Gasteiger partial charge on any atom is 0.341 e. The van der Waals surface area contributed by atoms with Crippen molar-refractivity contribution in [1.29, 1.82) is 0 Å². The molecule has 3 aliphatic heterocycles. The quantitative estimate of drug-likeness (QED) is 0.724. The number of urea groups is 1. The molecular formula is C23H23BrN4O3. The highest BCUT2D eigenvalue weighted by molar-refractivity contribution is 9.10. The number of aliphatic imine (C=N–C) groups is 1. The molecule has 2 unspecified atom stereocenters. The number of benzene rings is 2. The number of hydrogen-bond acceptors (Lipinski definition) is 4. The van der Waals surface area contributed by atoms with Crippen LogP contribution in [0, 0.1) is 5.92 Å². The van der Waals surface area contributed by atoms with E-state index in [4.69, 9.17) is 4.74 Å². The zero-order valence-electron chi connectivity index (χ0n) is 17.2. The lowest BCUT2D eigenvalue weighted by Crippen LogP contribution is -2.54. The van der Waals surface area contributed by atoms with Crippen molar-refractivity contribution in [2.24, 2.45) is 10.9 Å². The third-order valence-electron chi connectivity index (χ3n) is 6.25. The largest absolute Gasteiger partial charge is 0.496 e. The fourth-order valence-electron chi connectivity index (χ4n) is 4.53. The standard InChI is InChI=1S/C23H23BrN4O3/c1-31-19-8-7-14(11-17(19)24)21-16-12-28(20(29)13-27-9-4-10-27)18-6-3-2-5-15(18)22(16)26-23(30)25-21/h2-3,5-8,11,16,21H,4,9-10,12-13H2,1H3,(H,25,30). The van der Waals surface area contributed by atoms with Crippen molar-refractivity contribution in [2.75, 3.05) is 38.2 Å². The Labute approximate surface area is 189 Å². The lowest BCUT2D eigenvalue weighted by molar-refractivity contribution is -0.120. The number of nitrogens with one attached hydrogen (secondary N) is 1. The summed E-state index contributed by atoms with van der Waals surface area (Å²) in [5.41, 5.74) is 3.35. The highest BCUT2D eigenvalue weighted by Gasteiger charge is 2.42. The van der Waals surface area contributed by atoms with Crippen molar-refractivity contribution in [1.82, 2.24) is 10.2 Å². The van der Waals surface area contributed by atoms with Crippen molar-refractivity contribution in [2.45, 2.75) is 12.5 Å². The number of fused-ring (bicyclic) bond motifs is 3. The van der Waals surface area contributed by atoms with Crippen LogP contribution in [0.5, 0.6) is 5.75 Å². The van der Waals surface area contributed by atoms with Crippen molar-refractivity contribution in [3.05, 3.63) is 58.1 Å². The minimum atomic E-state index is -0.363. The van der Waals surface area contributed by atoms with Gasteiger partial charge in [0.15, 0.2) is 0 Å². The van der Waals surface area contributed by atoms with E-state index in [2.05, 4.69) is 31.1 Å². The smallest absolute Gasteiger partial charge is 0.341 e. The molecule has 1 fully saturated rings. The van der Waals surface area contributed by atoms with E-state index < -0.39 is 0 Å². The van der Waals surface area contributed by atoms with Gasteiger partial charge in [0.25, 0.3) is 0 Å². The van der Waals surface area contributed by atoms with E-state index in [9.17, 15) is 9.59 Å². The Bertz CT molecular complexity index is 1080. The van der Waals surface area contributed by atoms with Crippen LogP contribution in [0.1, 0.15) is 23.6 Å². The zero-order chi connectivity index (χ0) is 21.5. The number of para-hydroxylation sites is 1. The van der Waals surface area contributed by atoms with Crippen molar-refractivity contribution >= 4 is 39.3 Å². The molecule has 3 amide bonds. The van der Waals surface area contributed by atoms with Crippen LogP contribution in [0.3, 0.4) is 0 Å². The third-order valence-corrected chi connectivity index (χ3v) is 6.87. The van der Waals surface area contributed by atoms with Crippen LogP contribution in [0.15, 0.2) is 51.9 Å². The first-order valence-corrected chi connectivity index (χ1v) is 11.2. The highest BCUT2D eigenvalue weighted by atomic mass is 79.9. The number of nitrogens with zero attached hydrogens (tertiary/aromatic N) is 3. The number of carbonyl (C=O) groups is 2. The monoisotopic (exact) mass is 482 g/mol. The molecular weight excluding hydrogens is 460 g/mol. The van der Waals surface area contributed by atoms with Gasteiger partial charge >= 0.3 is 6.03 Å². The SMILES string of the molecule is COc1ccc(C2NC(=O)N=C3c4ccccc4N(C(=O)CN4CCC4)CC32)cc1Br. The molecule has 0 bridgehead atoms. The van der Waals surface area contributed by atoms with Crippen LogP contribution in [0.4, 0.5) is 10.5 Å². The summed E-state index contributed by atoms with van der Waals surface area (Å²) in [6, 6.07) is 12.9. The van der Waals surface area contributed by atoms with Crippen molar-refractivity contribution in [3.8, 4) is 5.75 Å². The maximum absolute atomic E-state index is 13.2. The molecule has 0 aromatic heterocycles. The lowest BCUT2D eigenvalue weighted by atomic mass is 9.81. The number of hydrogen-bond donors (Lipinski definition) is 1. The second-order valence-corrected chi connectivity index (χ2v) is 8.93. The Kier molecular flexibility index (Phi) is 5.27. The van der Waals surface area contributed by atoms with E-state index >= 15 is 0 Å². The normalized spacial score (nSPS) is 22.6. The van der Waals surface area contributed by atoms with E-state index in [0.717, 1.165) is 52.3 Å². The van der Waals surface area contributed by atoms with Crippen molar-refractivity contribution < 1.29 is 14.3 Å². The molecule has 8 heteroatoms. The molecule has 7 nitrogen and oxygen atoms in total. The molecule has 5 rings (SSSR count). The average Bonchev–Trinajstić information content (AvgIpc) is 2.75. The molecule has 160 valence electrons. The number of anilines is 1. The fraction of sp³-hybridized carbons (Fsp3) is 0.348. The van der Waals surface area contributed by atoms with E-state index in [1.807, 2.05) is 47.4 Å². The van der Waals surface area contributed by atoms with Crippen LogP contribution in [-0.4, -0.2) is 55.8 Å². The zero-order valence-corrected chi connectivity index (χ0v) is 18.8. The predicted molar refractivity (Wildman–Crippen MR) is 122 cm³/mol. The second kappa shape index (κ2) is 8.09. The number of carbonyl (C=O) groups excluding carboxylic acids is 2. The molecule has 2 aromatic carbocycles. The average molecular weight is 483 g/mol. The van der Waals surface area contributed by atoms with Crippen molar-refractivity contribution in [3.63, 3.8) is 0 Å². The Balaban J connectivity index is 1.54. The van der Waals surface area contributed by atoms with Crippen LogP contribution in [-0.2, 0) is 4.79 Å². The number of halogens is 1. The molecule has 3 aliphatic rings. The van der Waals surface area contributed by atoms with Crippen LogP contribution in [0.25, 0.3) is 0 Å². The summed E-state index contributed by atoms with van der Waals surface area (Å²) in [6.45, 7) is 2.82. The number of likely N-dealkylation sites (tertiary alicyclic amines) is 1. The van der Waals surface area contributed by atoms with Gasteiger partial charge in [-0.2, -0.15) is 4.99 Å². The predicted octanol–water partition coefficient (Wildman–Crippen LogP) is 3.38. The molecule has 0 aliphatic carbocycles. The highest BCUT2D eigenvalue weighted by Crippen LogP contribution is 2.39. The second-order valence-electron chi connectivity index (χ2n) is 8.08. The Hall–Kier alpha value is -2.71. The summed E-state index contributed by atoms with van der Waals surface area (Å²) in [7, 11) is 1.62. The van der Waals surface area contributed by atoms with Gasteiger partial charge in [-0.25, -0.2) is 4.79 Å². The van der Waals surface area contributed by atoms with E-state index in [1.54, 1.807) is 7.11 Å². The van der Waals surface area contributed by atoms with Gasteiger partial charge in [-0.15, -0.1) is 0 Å². The Morgan fingerprint density at radius 3 is 2.77 bits per heavy atom. The maximum atomic E-state index is 13.2. The first-order valence-electron chi connectivity index (χ1n) is 10.4. The number of rotatable bonds is 4. The summed E-state index contributed by atoms with van der Waals surface area (Å²) in [5.74, 6) is 0.658. The van der Waals surface area contributed by atoms with E-state index in [0.29, 0.717) is 13.1 Å². The van der Waals surface area contributed by atoms with Gasteiger partial charge in [-0.05, 0) is 59.2 Å². The third kappa shape index (κ3) is 3.64. The summed E-state index contributed by atoms with van der Waals surface area (Å²) in [4.78, 5) is 34.1. The number of methoxy groups -OCH3 is 1. The van der Waals surface area contributed by atoms with Gasteiger partial charge in [0, 0.05) is 18.0 Å². The molecule has 1 N–H and O–H groups in total. The van der Waals surface area contributed by atoms with E-state index in [-0.39, 0.29) is 23.9 Å². The van der Waals surface area contributed by atoms with Gasteiger partial charge in [0.05, 0.1) is 35.6 Å². The Morgan fingerprint density at radius 2 is 2.06 bits per heavy atom. The van der Waals surface area contributed by atoms with E-state index in [1.165, 1.54) is 0 Å². The summed E-state index contributed by atoms with van der Waals surface area (Å²) in [5, 5.41) is 3.01. The topological polar surface area (TPSA) is 74.2 Å². The fourth-order valence-corrected chi connectivity index (χ4v) is 5.09. The first kappa shape index (κ1) is 20.2. The Morgan fingerprint density at radius 1 is 1.26 bits per heavy atom. The lowest BCUT2D eigenvalue weighted by Gasteiger charge is -2.42. The molecule has 2 aromatic rings. The van der Waals surface area contributed by atoms with Gasteiger partial charge in [-0.1, -0.05) is 24.3 Å². The first-order chi connectivity index (χ1) is 15.0. The number of amides is 3. The van der Waals surface area contributed by atoms with Gasteiger partial charge < -0.3 is 15.0 Å². The molecule has 3 heterocycles. The van der Waals surface area contributed by atoms with Gasteiger partial charge in [0.2, 0.25) is 5.91 Å². The minimum Gasteiger partial charge on any atom is -0.496 e. The summed E-state index contributed by atoms with van der Waals surface area (Å²) in [6.07, 6.45) is 1.14. The molecule has 2 atom stereocenters. The van der Waals surface area contributed by atoms with Crippen LogP contribution in [0.2, 0.25) is 0 Å². The van der Waals surface area contributed by atoms with Gasteiger partial charge in [0.1, 0.15) is 5.75 Å². The molecule has 0 spiro atoms. The number of ether oxygens (including phenoxy) is 1. The minimum absolute atomic E-state index is 0.0813. The summed E-state index contributed by atoms with van der Waals surface area (Å²) < 4.78 is 6.16. The van der Waals surface area contributed by atoms with Crippen LogP contribution < -0.4 is 15.0 Å².